The van der Waals surface area contributed by atoms with Gasteiger partial charge in [-0.3, -0.25) is 0 Å². The average molecular weight is 302 g/mol. The minimum Gasteiger partial charge on any atom is -0.378 e. The van der Waals surface area contributed by atoms with Gasteiger partial charge in [-0.2, -0.15) is 0 Å². The summed E-state index contributed by atoms with van der Waals surface area (Å²) in [7, 11) is 0. The third-order valence-corrected chi connectivity index (χ3v) is 5.04. The number of nitrogens with zero attached hydrogens (tertiary/aromatic N) is 1. The average Bonchev–Trinajstić information content (AvgIpc) is 2.58. The predicted molar refractivity (Wildman–Crippen MR) is 91.2 cm³/mol. The van der Waals surface area contributed by atoms with E-state index in [1.54, 1.807) is 0 Å². The van der Waals surface area contributed by atoms with Crippen LogP contribution in [0.4, 0.5) is 0 Å². The van der Waals surface area contributed by atoms with Gasteiger partial charge in [0, 0.05) is 19.6 Å². The van der Waals surface area contributed by atoms with Gasteiger partial charge in [-0.15, -0.1) is 0 Å². The molecule has 3 heteroatoms. The van der Waals surface area contributed by atoms with E-state index in [4.69, 9.17) is 4.74 Å². The summed E-state index contributed by atoms with van der Waals surface area (Å²) in [5.41, 5.74) is 1.38. The zero-order valence-electron chi connectivity index (χ0n) is 13.7. The minimum absolute atomic E-state index is 0.476. The number of ether oxygens (including phenoxy) is 1. The number of hydrogen-bond acceptors (Lipinski definition) is 3. The van der Waals surface area contributed by atoms with Gasteiger partial charge in [0.1, 0.15) is 0 Å². The van der Waals surface area contributed by atoms with Gasteiger partial charge >= 0.3 is 0 Å². The largest absolute Gasteiger partial charge is 0.378 e. The van der Waals surface area contributed by atoms with Crippen molar-refractivity contribution in [2.45, 2.75) is 38.2 Å². The van der Waals surface area contributed by atoms with Crippen molar-refractivity contribution in [2.75, 3.05) is 39.3 Å². The Balaban J connectivity index is 1.30. The lowest BCUT2D eigenvalue weighted by Gasteiger charge is -2.35. The van der Waals surface area contributed by atoms with Crippen molar-refractivity contribution in [3.8, 4) is 0 Å². The van der Waals surface area contributed by atoms with Crippen LogP contribution in [0.25, 0.3) is 0 Å². The number of benzene rings is 1. The molecule has 122 valence electrons. The lowest BCUT2D eigenvalue weighted by Crippen LogP contribution is -2.43. The van der Waals surface area contributed by atoms with E-state index in [-0.39, 0.29) is 0 Å². The molecule has 0 radical (unpaired) electrons. The summed E-state index contributed by atoms with van der Waals surface area (Å²) >= 11 is 0. The second-order valence-corrected chi connectivity index (χ2v) is 6.82. The maximum Gasteiger partial charge on any atom is 0.0599 e. The fourth-order valence-corrected chi connectivity index (χ4v) is 3.69. The topological polar surface area (TPSA) is 24.5 Å². The molecule has 3 nitrogen and oxygen atoms in total. The van der Waals surface area contributed by atoms with Gasteiger partial charge < -0.3 is 15.0 Å². The van der Waals surface area contributed by atoms with E-state index < -0.39 is 0 Å². The molecule has 0 aliphatic carbocycles. The van der Waals surface area contributed by atoms with E-state index in [1.165, 1.54) is 64.0 Å². The van der Waals surface area contributed by atoms with Gasteiger partial charge in [0.15, 0.2) is 0 Å². The monoisotopic (exact) mass is 302 g/mol. The zero-order valence-corrected chi connectivity index (χ0v) is 13.7. The molecule has 0 bridgehead atoms. The van der Waals surface area contributed by atoms with Crippen LogP contribution in [0.2, 0.25) is 0 Å². The van der Waals surface area contributed by atoms with Gasteiger partial charge in [0.25, 0.3) is 0 Å². The Labute approximate surface area is 135 Å². The molecule has 0 aromatic heterocycles. The smallest absolute Gasteiger partial charge is 0.0599 e. The van der Waals surface area contributed by atoms with Gasteiger partial charge in [0.2, 0.25) is 0 Å². The maximum absolute atomic E-state index is 6.09. The lowest BCUT2D eigenvalue weighted by molar-refractivity contribution is 0.00539. The summed E-state index contributed by atoms with van der Waals surface area (Å²) in [5, 5.41) is 3.53. The summed E-state index contributed by atoms with van der Waals surface area (Å²) in [4.78, 5) is 2.65. The van der Waals surface area contributed by atoms with Crippen molar-refractivity contribution in [3.05, 3.63) is 35.9 Å². The van der Waals surface area contributed by atoms with E-state index >= 15 is 0 Å². The summed E-state index contributed by atoms with van der Waals surface area (Å²) in [6.45, 7) is 7.01. The second-order valence-electron chi connectivity index (χ2n) is 6.82. The second kappa shape index (κ2) is 8.66. The molecular weight excluding hydrogens is 272 g/mol. The lowest BCUT2D eigenvalue weighted by atomic mass is 9.97. The van der Waals surface area contributed by atoms with E-state index in [9.17, 15) is 0 Å². The van der Waals surface area contributed by atoms with Crippen LogP contribution in [-0.4, -0.2) is 50.3 Å². The Morgan fingerprint density at radius 2 is 1.91 bits per heavy atom. The molecule has 0 spiro atoms. The van der Waals surface area contributed by atoms with Crippen molar-refractivity contribution in [3.63, 3.8) is 0 Å². The molecule has 22 heavy (non-hydrogen) atoms. The van der Waals surface area contributed by atoms with Gasteiger partial charge in [-0.05, 0) is 56.7 Å². The van der Waals surface area contributed by atoms with Crippen LogP contribution in [0.15, 0.2) is 30.3 Å². The Morgan fingerprint density at radius 1 is 1.09 bits per heavy atom. The first-order valence-corrected chi connectivity index (χ1v) is 8.99. The molecule has 2 heterocycles. The summed E-state index contributed by atoms with van der Waals surface area (Å²) in [5.74, 6) is 0.865. The van der Waals surface area contributed by atoms with E-state index in [2.05, 4.69) is 40.5 Å². The van der Waals surface area contributed by atoms with Gasteiger partial charge in [-0.1, -0.05) is 30.3 Å². The Bertz CT molecular complexity index is 409. The molecule has 0 amide bonds. The molecule has 2 saturated heterocycles. The van der Waals surface area contributed by atoms with Crippen LogP contribution in [0, 0.1) is 5.92 Å². The zero-order chi connectivity index (χ0) is 15.0. The van der Waals surface area contributed by atoms with Gasteiger partial charge in [0.05, 0.1) is 12.7 Å². The number of hydrogen-bond donors (Lipinski definition) is 1. The van der Waals surface area contributed by atoms with Crippen molar-refractivity contribution < 1.29 is 4.74 Å². The molecule has 1 N–H and O–H groups in total. The van der Waals surface area contributed by atoms with Crippen LogP contribution < -0.4 is 5.32 Å². The van der Waals surface area contributed by atoms with Crippen molar-refractivity contribution in [2.24, 2.45) is 5.92 Å². The SMILES string of the molecule is c1ccc(CCOC2CCN(CC3CCCNC3)CC2)cc1. The van der Waals surface area contributed by atoms with Crippen LogP contribution in [0.1, 0.15) is 31.2 Å². The molecule has 2 aliphatic rings. The Kier molecular flexibility index (Phi) is 6.29. The molecule has 0 saturated carbocycles. The first-order valence-electron chi connectivity index (χ1n) is 8.99. The molecule has 1 aromatic rings. The highest BCUT2D eigenvalue weighted by Crippen LogP contribution is 2.18. The van der Waals surface area contributed by atoms with Crippen LogP contribution >= 0.6 is 0 Å². The van der Waals surface area contributed by atoms with E-state index in [0.717, 1.165) is 18.9 Å². The molecular formula is C19H30N2O. The fourth-order valence-electron chi connectivity index (χ4n) is 3.69. The quantitative estimate of drug-likeness (QED) is 0.874. The molecule has 1 aromatic carbocycles. The summed E-state index contributed by atoms with van der Waals surface area (Å²) in [6.07, 6.45) is 6.67. The predicted octanol–water partition coefficient (Wildman–Crippen LogP) is 2.71. The van der Waals surface area contributed by atoms with Crippen molar-refractivity contribution in [1.29, 1.82) is 0 Å². The van der Waals surface area contributed by atoms with Crippen LogP contribution in [0.5, 0.6) is 0 Å². The highest BCUT2D eigenvalue weighted by molar-refractivity contribution is 5.14. The Morgan fingerprint density at radius 3 is 2.64 bits per heavy atom. The Hall–Kier alpha value is -0.900. The third-order valence-electron chi connectivity index (χ3n) is 5.04. The van der Waals surface area contributed by atoms with E-state index in [1.807, 2.05) is 0 Å². The molecule has 2 aliphatic heterocycles. The highest BCUT2D eigenvalue weighted by Gasteiger charge is 2.22. The minimum atomic E-state index is 0.476. The van der Waals surface area contributed by atoms with Crippen LogP contribution in [0.3, 0.4) is 0 Å². The van der Waals surface area contributed by atoms with Crippen molar-refractivity contribution in [1.82, 2.24) is 10.2 Å². The molecule has 2 fully saturated rings. The molecule has 1 unspecified atom stereocenters. The maximum atomic E-state index is 6.09. The number of nitrogens with one attached hydrogen (secondary N) is 1. The standard InChI is InChI=1S/C19H30N2O/c1-2-5-17(6-3-1)10-14-22-19-8-12-21(13-9-19)16-18-7-4-11-20-15-18/h1-3,5-6,18-20H,4,7-16H2. The first kappa shape index (κ1) is 16.0. The summed E-state index contributed by atoms with van der Waals surface area (Å²) < 4.78 is 6.09. The normalized spacial score (nSPS) is 24.5. The van der Waals surface area contributed by atoms with Crippen LogP contribution in [-0.2, 0) is 11.2 Å². The number of likely N-dealkylation sites (tertiary alicyclic amines) is 1. The molecule has 3 rings (SSSR count). The number of piperidine rings is 2. The van der Waals surface area contributed by atoms with E-state index in [0.29, 0.717) is 6.10 Å². The summed E-state index contributed by atoms with van der Waals surface area (Å²) in [6, 6.07) is 10.7. The van der Waals surface area contributed by atoms with Crippen molar-refractivity contribution >= 4 is 0 Å². The number of rotatable bonds is 6. The third kappa shape index (κ3) is 5.08. The van der Waals surface area contributed by atoms with Gasteiger partial charge in [-0.25, -0.2) is 0 Å². The first-order chi connectivity index (χ1) is 10.9. The fraction of sp³-hybridized carbons (Fsp3) is 0.684. The molecule has 1 atom stereocenters. The highest BCUT2D eigenvalue weighted by atomic mass is 16.5.